The van der Waals surface area contributed by atoms with Crippen LogP contribution in [0.3, 0.4) is 0 Å². The minimum atomic E-state index is -1.50. The molecule has 2 aromatic heterocycles. The van der Waals surface area contributed by atoms with Crippen LogP contribution in [0, 0.1) is 0 Å². The first-order valence-corrected chi connectivity index (χ1v) is 12.6. The number of ether oxygens (including phenoxy) is 2. The lowest BCUT2D eigenvalue weighted by molar-refractivity contribution is -0.127. The monoisotopic (exact) mass is 570 g/mol. The summed E-state index contributed by atoms with van der Waals surface area (Å²) in [5, 5.41) is 17.4. The molecule has 2 N–H and O–H groups in total. The Balaban J connectivity index is 0.000000779. The standard InChI is InChI=1S/C20H22BrClN4O2.C3H8O2.C2H6/c1-4-15(23-10-13(2)21)9-14(3)27-11-16-5-6-18(28-16)26-8-7-17-19(22)24-12-25-20(17)26;1-3(2,4)5;1-2/h7-10,12,16,18H,2-6,11H2,1H3;4-5H,1-2H3;1-2H3/b15-9+,23-10?;;/t16-,18+;;/m0../s1. The summed E-state index contributed by atoms with van der Waals surface area (Å²) in [4.78, 5) is 12.7. The molecule has 0 bridgehead atoms. The van der Waals surface area contributed by atoms with E-state index < -0.39 is 5.79 Å². The van der Waals surface area contributed by atoms with Crippen molar-refractivity contribution >= 4 is 44.8 Å². The molecule has 0 radical (unpaired) electrons. The van der Waals surface area contributed by atoms with Gasteiger partial charge in [0, 0.05) is 28.7 Å². The number of rotatable bonds is 8. The van der Waals surface area contributed by atoms with Crippen LogP contribution in [0.4, 0.5) is 0 Å². The largest absolute Gasteiger partial charge is 0.491 e. The van der Waals surface area contributed by atoms with Gasteiger partial charge in [0.15, 0.2) is 5.79 Å². The number of hydrogen-bond acceptors (Lipinski definition) is 7. The van der Waals surface area contributed by atoms with Crippen molar-refractivity contribution in [3.63, 3.8) is 0 Å². The van der Waals surface area contributed by atoms with Crippen LogP contribution < -0.4 is 0 Å². The van der Waals surface area contributed by atoms with Gasteiger partial charge in [0.05, 0.1) is 11.5 Å². The second-order valence-corrected chi connectivity index (χ2v) is 9.26. The Hall–Kier alpha value is -2.04. The van der Waals surface area contributed by atoms with Gasteiger partial charge in [0.2, 0.25) is 0 Å². The summed E-state index contributed by atoms with van der Waals surface area (Å²) in [6.45, 7) is 16.7. The molecule has 8 nitrogen and oxygen atoms in total. The average Bonchev–Trinajstić information content (AvgIpc) is 3.43. The highest BCUT2D eigenvalue weighted by Crippen LogP contribution is 2.32. The Morgan fingerprint density at radius 3 is 2.60 bits per heavy atom. The van der Waals surface area contributed by atoms with E-state index in [1.165, 1.54) is 20.2 Å². The van der Waals surface area contributed by atoms with E-state index in [2.05, 4.69) is 44.0 Å². The van der Waals surface area contributed by atoms with Crippen molar-refractivity contribution in [3.05, 3.63) is 58.9 Å². The van der Waals surface area contributed by atoms with Gasteiger partial charge in [0.25, 0.3) is 0 Å². The molecule has 0 spiro atoms. The van der Waals surface area contributed by atoms with Crippen molar-refractivity contribution < 1.29 is 19.7 Å². The molecule has 1 aliphatic rings. The van der Waals surface area contributed by atoms with Crippen molar-refractivity contribution in [1.29, 1.82) is 0 Å². The van der Waals surface area contributed by atoms with Gasteiger partial charge in [0.1, 0.15) is 35.7 Å². The van der Waals surface area contributed by atoms with Crippen LogP contribution in [-0.2, 0) is 9.47 Å². The molecule has 0 unspecified atom stereocenters. The first kappa shape index (κ1) is 31.0. The summed E-state index contributed by atoms with van der Waals surface area (Å²) >= 11 is 9.38. The van der Waals surface area contributed by atoms with E-state index in [1.807, 2.05) is 43.7 Å². The molecule has 1 fully saturated rings. The van der Waals surface area contributed by atoms with Crippen LogP contribution >= 0.6 is 27.5 Å². The second-order valence-electron chi connectivity index (χ2n) is 7.88. The Bertz CT molecular complexity index is 1020. The molecular weight excluding hydrogens is 536 g/mol. The number of aliphatic hydroxyl groups is 2. The maximum Gasteiger partial charge on any atom is 0.156 e. The Morgan fingerprint density at radius 1 is 1.34 bits per heavy atom. The fourth-order valence-electron chi connectivity index (χ4n) is 3.00. The minimum Gasteiger partial charge on any atom is -0.491 e. The predicted molar refractivity (Wildman–Crippen MR) is 146 cm³/mol. The fraction of sp³-hybridized carbons (Fsp3) is 0.480. The quantitative estimate of drug-likeness (QED) is 0.127. The molecule has 2 aromatic rings. The number of allylic oxidation sites excluding steroid dienone is 3. The van der Waals surface area contributed by atoms with Crippen LogP contribution in [-0.4, -0.2) is 49.5 Å². The molecule has 194 valence electrons. The molecule has 35 heavy (non-hydrogen) atoms. The summed E-state index contributed by atoms with van der Waals surface area (Å²) in [6, 6.07) is 1.91. The number of aliphatic imine (C=N–C) groups is 1. The molecule has 3 heterocycles. The lowest BCUT2D eigenvalue weighted by Crippen LogP contribution is -2.16. The molecule has 1 aliphatic heterocycles. The normalized spacial score (nSPS) is 18.0. The molecule has 0 aromatic carbocycles. The zero-order valence-corrected chi connectivity index (χ0v) is 23.4. The predicted octanol–water partition coefficient (Wildman–Crippen LogP) is 6.30. The number of halogens is 2. The number of nitrogens with zero attached hydrogens (tertiary/aromatic N) is 4. The van der Waals surface area contributed by atoms with Gasteiger partial charge in [-0.25, -0.2) is 9.97 Å². The van der Waals surface area contributed by atoms with Gasteiger partial charge in [-0.1, -0.05) is 45.5 Å². The molecule has 3 rings (SSSR count). The average molecular weight is 572 g/mol. The highest BCUT2D eigenvalue weighted by molar-refractivity contribution is 9.12. The van der Waals surface area contributed by atoms with E-state index in [4.69, 9.17) is 31.3 Å². The number of hydrogen-bond donors (Lipinski definition) is 2. The molecule has 2 atom stereocenters. The first-order chi connectivity index (χ1) is 16.5. The zero-order valence-electron chi connectivity index (χ0n) is 21.0. The number of aromatic nitrogens is 3. The molecule has 0 saturated carbocycles. The third-order valence-corrected chi connectivity index (χ3v) is 4.88. The summed E-state index contributed by atoms with van der Waals surface area (Å²) in [5.41, 5.74) is 1.64. The third-order valence-electron chi connectivity index (χ3n) is 4.37. The lowest BCUT2D eigenvalue weighted by atomic mass is 10.2. The van der Waals surface area contributed by atoms with Gasteiger partial charge in [-0.2, -0.15) is 0 Å². The van der Waals surface area contributed by atoms with Crippen LogP contribution in [0.15, 0.2) is 58.8 Å². The minimum absolute atomic E-state index is 0.0131. The van der Waals surface area contributed by atoms with Gasteiger partial charge >= 0.3 is 0 Å². The maximum atomic E-state index is 8.08. The van der Waals surface area contributed by atoms with E-state index >= 15 is 0 Å². The molecular formula is C25H36BrClN4O4. The molecule has 0 amide bonds. The lowest BCUT2D eigenvalue weighted by Gasteiger charge is -2.16. The highest BCUT2D eigenvalue weighted by atomic mass is 79.9. The van der Waals surface area contributed by atoms with Crippen LogP contribution in [0.5, 0.6) is 0 Å². The maximum absolute atomic E-state index is 8.08. The Morgan fingerprint density at radius 2 is 2.00 bits per heavy atom. The topological polar surface area (TPSA) is 102 Å². The first-order valence-electron chi connectivity index (χ1n) is 11.5. The van der Waals surface area contributed by atoms with Gasteiger partial charge in [-0.15, -0.1) is 0 Å². The van der Waals surface area contributed by atoms with Gasteiger partial charge in [-0.05, 0) is 55.1 Å². The summed E-state index contributed by atoms with van der Waals surface area (Å²) < 4.78 is 14.6. The zero-order chi connectivity index (χ0) is 26.6. The van der Waals surface area contributed by atoms with Crippen molar-refractivity contribution in [3.8, 4) is 0 Å². The van der Waals surface area contributed by atoms with Crippen molar-refractivity contribution in [2.24, 2.45) is 4.99 Å². The third kappa shape index (κ3) is 11.5. The summed E-state index contributed by atoms with van der Waals surface area (Å²) in [5.74, 6) is -0.938. The van der Waals surface area contributed by atoms with Crippen LogP contribution in [0.2, 0.25) is 5.15 Å². The molecule has 0 aliphatic carbocycles. The van der Waals surface area contributed by atoms with Crippen LogP contribution in [0.25, 0.3) is 11.0 Å². The van der Waals surface area contributed by atoms with Gasteiger partial charge in [-0.3, -0.25) is 4.99 Å². The Labute approximate surface area is 221 Å². The van der Waals surface area contributed by atoms with Crippen molar-refractivity contribution in [1.82, 2.24) is 14.5 Å². The molecule has 1 saturated heterocycles. The van der Waals surface area contributed by atoms with Crippen LogP contribution in [0.1, 0.15) is 60.1 Å². The van der Waals surface area contributed by atoms with Crippen molar-refractivity contribution in [2.45, 2.75) is 72.0 Å². The highest BCUT2D eigenvalue weighted by Gasteiger charge is 2.28. The van der Waals surface area contributed by atoms with E-state index in [0.717, 1.165) is 36.0 Å². The van der Waals surface area contributed by atoms with E-state index in [0.29, 0.717) is 22.0 Å². The van der Waals surface area contributed by atoms with Gasteiger partial charge < -0.3 is 24.3 Å². The summed E-state index contributed by atoms with van der Waals surface area (Å²) in [7, 11) is 0. The smallest absolute Gasteiger partial charge is 0.156 e. The second kappa shape index (κ2) is 15.2. The van der Waals surface area contributed by atoms with E-state index in [1.54, 1.807) is 6.21 Å². The van der Waals surface area contributed by atoms with E-state index in [-0.39, 0.29) is 12.3 Å². The molecule has 10 heteroatoms. The van der Waals surface area contributed by atoms with Crippen molar-refractivity contribution in [2.75, 3.05) is 6.61 Å². The fourth-order valence-corrected chi connectivity index (χ4v) is 3.29. The Kier molecular flexibility index (Phi) is 13.4. The van der Waals surface area contributed by atoms with E-state index in [9.17, 15) is 0 Å². The number of fused-ring (bicyclic) bond motifs is 1. The SMILES string of the molecule is C=C(Br)C=N/C(=C/C(=C)OC[C@@H]1CC[C@H](n2ccc3c(Cl)ncnc32)O1)CC.CC.CC(C)(O)O. The summed E-state index contributed by atoms with van der Waals surface area (Å²) in [6.07, 6.45) is 9.31.